The van der Waals surface area contributed by atoms with Crippen molar-refractivity contribution in [2.24, 2.45) is 0 Å². The van der Waals surface area contributed by atoms with Gasteiger partial charge >= 0.3 is 0 Å². The van der Waals surface area contributed by atoms with E-state index >= 15 is 0 Å². The molecule has 0 aliphatic rings. The molecule has 0 aromatic heterocycles. The molecule has 1 aromatic carbocycles. The predicted octanol–water partition coefficient (Wildman–Crippen LogP) is 0.960. The highest BCUT2D eigenvalue weighted by Crippen LogP contribution is 2.15. The Morgan fingerprint density at radius 2 is 1.74 bits per heavy atom. The molecule has 0 heterocycles. The number of hydroxylamine groups is 1. The van der Waals surface area contributed by atoms with Crippen molar-refractivity contribution in [2.75, 3.05) is 27.7 Å². The molecule has 0 spiro atoms. The Balaban J connectivity index is 3.04. The van der Waals surface area contributed by atoms with Crippen LogP contribution >= 0.6 is 0 Å². The van der Waals surface area contributed by atoms with Crippen molar-refractivity contribution in [3.63, 3.8) is 0 Å². The van der Waals surface area contributed by atoms with Gasteiger partial charge in [0.25, 0.3) is 15.9 Å². The van der Waals surface area contributed by atoms with Gasteiger partial charge in [-0.15, -0.1) is 0 Å². The van der Waals surface area contributed by atoms with Crippen LogP contribution < -0.4 is 0 Å². The van der Waals surface area contributed by atoms with Gasteiger partial charge in [-0.05, 0) is 31.2 Å². The van der Waals surface area contributed by atoms with Crippen molar-refractivity contribution in [3.8, 4) is 0 Å². The first-order chi connectivity index (χ1) is 8.84. The van der Waals surface area contributed by atoms with E-state index in [9.17, 15) is 13.2 Å². The lowest BCUT2D eigenvalue weighted by Gasteiger charge is -2.16. The average molecular weight is 286 g/mol. The molecule has 1 aromatic rings. The minimum atomic E-state index is -3.67. The van der Waals surface area contributed by atoms with Crippen LogP contribution in [0.1, 0.15) is 17.3 Å². The van der Waals surface area contributed by atoms with Crippen LogP contribution in [0.25, 0.3) is 0 Å². The van der Waals surface area contributed by atoms with E-state index in [0.29, 0.717) is 12.1 Å². The molecule has 0 fully saturated rings. The average Bonchev–Trinajstić information content (AvgIpc) is 2.44. The Bertz CT molecular complexity index is 539. The SMILES string of the molecule is CCN(C)C(=O)c1ccc(S(=O)(=O)N(C)OC)cc1. The Morgan fingerprint density at radius 1 is 1.21 bits per heavy atom. The van der Waals surface area contributed by atoms with Gasteiger partial charge in [0.2, 0.25) is 0 Å². The van der Waals surface area contributed by atoms with Gasteiger partial charge in [-0.1, -0.05) is 4.47 Å². The smallest absolute Gasteiger partial charge is 0.264 e. The number of nitrogens with zero attached hydrogens (tertiary/aromatic N) is 2. The standard InChI is InChI=1S/C12H18N2O4S/c1-5-13(2)12(15)10-6-8-11(9-7-10)19(16,17)14(3)18-4/h6-9H,5H2,1-4H3. The number of sulfonamides is 1. The van der Waals surface area contributed by atoms with Gasteiger partial charge in [-0.3, -0.25) is 9.63 Å². The van der Waals surface area contributed by atoms with Crippen molar-refractivity contribution in [1.29, 1.82) is 0 Å². The van der Waals surface area contributed by atoms with Crippen LogP contribution in [-0.4, -0.2) is 51.4 Å². The number of carbonyl (C=O) groups is 1. The van der Waals surface area contributed by atoms with Crippen LogP contribution in [0.3, 0.4) is 0 Å². The number of benzene rings is 1. The molecule has 106 valence electrons. The van der Waals surface area contributed by atoms with Gasteiger partial charge in [0.15, 0.2) is 0 Å². The Kier molecular flexibility index (Phi) is 5.04. The van der Waals surface area contributed by atoms with Crippen molar-refractivity contribution in [3.05, 3.63) is 29.8 Å². The van der Waals surface area contributed by atoms with E-state index in [4.69, 9.17) is 0 Å². The topological polar surface area (TPSA) is 66.9 Å². The third-order valence-corrected chi connectivity index (χ3v) is 4.51. The fourth-order valence-electron chi connectivity index (χ4n) is 1.38. The molecule has 0 saturated heterocycles. The van der Waals surface area contributed by atoms with E-state index in [0.717, 1.165) is 4.47 Å². The maximum absolute atomic E-state index is 11.9. The van der Waals surface area contributed by atoms with Crippen molar-refractivity contribution >= 4 is 15.9 Å². The predicted molar refractivity (Wildman–Crippen MR) is 71.0 cm³/mol. The monoisotopic (exact) mass is 286 g/mol. The van der Waals surface area contributed by atoms with Gasteiger partial charge in [-0.25, -0.2) is 8.42 Å². The molecule has 0 aliphatic heterocycles. The largest absolute Gasteiger partial charge is 0.342 e. The summed E-state index contributed by atoms with van der Waals surface area (Å²) in [6, 6.07) is 5.76. The van der Waals surface area contributed by atoms with Crippen LogP contribution in [0.5, 0.6) is 0 Å². The fourth-order valence-corrected chi connectivity index (χ4v) is 2.35. The molecular formula is C12H18N2O4S. The minimum Gasteiger partial charge on any atom is -0.342 e. The second kappa shape index (κ2) is 6.14. The second-order valence-electron chi connectivity index (χ2n) is 3.94. The Morgan fingerprint density at radius 3 is 2.16 bits per heavy atom. The highest BCUT2D eigenvalue weighted by Gasteiger charge is 2.21. The lowest BCUT2D eigenvalue weighted by molar-refractivity contribution is -0.0258. The van der Waals surface area contributed by atoms with Crippen molar-refractivity contribution in [2.45, 2.75) is 11.8 Å². The maximum Gasteiger partial charge on any atom is 0.264 e. The number of hydrogen-bond acceptors (Lipinski definition) is 4. The molecule has 6 nitrogen and oxygen atoms in total. The molecule has 0 N–H and O–H groups in total. The molecule has 0 aliphatic carbocycles. The normalized spacial score (nSPS) is 11.6. The van der Waals surface area contributed by atoms with Crippen LogP contribution in [0, 0.1) is 0 Å². The molecule has 1 amide bonds. The van der Waals surface area contributed by atoms with E-state index in [1.807, 2.05) is 6.92 Å². The highest BCUT2D eigenvalue weighted by molar-refractivity contribution is 7.89. The molecule has 0 saturated carbocycles. The Hall–Kier alpha value is -1.44. The summed E-state index contributed by atoms with van der Waals surface area (Å²) in [7, 11) is 0.589. The van der Waals surface area contributed by atoms with Crippen molar-refractivity contribution < 1.29 is 18.0 Å². The highest BCUT2D eigenvalue weighted by atomic mass is 32.2. The number of rotatable bonds is 5. The molecule has 0 atom stereocenters. The molecule has 0 unspecified atom stereocenters. The number of amides is 1. The van der Waals surface area contributed by atoms with Crippen LogP contribution in [0.2, 0.25) is 0 Å². The first kappa shape index (κ1) is 15.6. The molecule has 1 rings (SSSR count). The number of carbonyl (C=O) groups excluding carboxylic acids is 1. The van der Waals surface area contributed by atoms with E-state index in [2.05, 4.69) is 4.84 Å². The first-order valence-corrected chi connectivity index (χ1v) is 7.17. The minimum absolute atomic E-state index is 0.0764. The van der Waals surface area contributed by atoms with E-state index < -0.39 is 10.0 Å². The molecular weight excluding hydrogens is 268 g/mol. The second-order valence-corrected chi connectivity index (χ2v) is 5.88. The summed E-state index contributed by atoms with van der Waals surface area (Å²) >= 11 is 0. The van der Waals surface area contributed by atoms with E-state index in [-0.39, 0.29) is 10.8 Å². The van der Waals surface area contributed by atoms with E-state index in [1.165, 1.54) is 38.4 Å². The molecule has 0 radical (unpaired) electrons. The van der Waals surface area contributed by atoms with Crippen molar-refractivity contribution in [1.82, 2.24) is 9.37 Å². The molecule has 19 heavy (non-hydrogen) atoms. The zero-order valence-electron chi connectivity index (χ0n) is 11.5. The lowest BCUT2D eigenvalue weighted by atomic mass is 10.2. The first-order valence-electron chi connectivity index (χ1n) is 5.73. The summed E-state index contributed by atoms with van der Waals surface area (Å²) in [4.78, 5) is 18.2. The van der Waals surface area contributed by atoms with Gasteiger partial charge in [0.05, 0.1) is 12.0 Å². The van der Waals surface area contributed by atoms with Crippen LogP contribution in [0.15, 0.2) is 29.2 Å². The van der Waals surface area contributed by atoms with Gasteiger partial charge in [0, 0.05) is 26.2 Å². The molecule has 7 heteroatoms. The maximum atomic E-state index is 11.9. The van der Waals surface area contributed by atoms with Gasteiger partial charge in [0.1, 0.15) is 0 Å². The summed E-state index contributed by atoms with van der Waals surface area (Å²) < 4.78 is 24.6. The van der Waals surface area contributed by atoms with Gasteiger partial charge < -0.3 is 4.90 Å². The summed E-state index contributed by atoms with van der Waals surface area (Å²) in [6.07, 6.45) is 0. The molecule has 0 bridgehead atoms. The third-order valence-electron chi connectivity index (χ3n) is 2.82. The van der Waals surface area contributed by atoms with Crippen LogP contribution in [0.4, 0.5) is 0 Å². The van der Waals surface area contributed by atoms with E-state index in [1.54, 1.807) is 11.9 Å². The summed E-state index contributed by atoms with van der Waals surface area (Å²) in [5.41, 5.74) is 0.448. The Labute approximate surface area is 113 Å². The third kappa shape index (κ3) is 3.31. The zero-order valence-corrected chi connectivity index (χ0v) is 12.3. The number of hydrogen-bond donors (Lipinski definition) is 0. The quantitative estimate of drug-likeness (QED) is 0.756. The fraction of sp³-hybridized carbons (Fsp3) is 0.417. The summed E-state index contributed by atoms with van der Waals surface area (Å²) in [5, 5.41) is 0. The van der Waals surface area contributed by atoms with Gasteiger partial charge in [-0.2, -0.15) is 0 Å². The zero-order chi connectivity index (χ0) is 14.6. The lowest BCUT2D eigenvalue weighted by Crippen LogP contribution is -2.27. The summed E-state index contributed by atoms with van der Waals surface area (Å²) in [5.74, 6) is -0.147. The van der Waals surface area contributed by atoms with Crippen LogP contribution in [-0.2, 0) is 14.9 Å². The summed E-state index contributed by atoms with van der Waals surface area (Å²) in [6.45, 7) is 2.45.